The fourth-order valence-electron chi connectivity index (χ4n) is 1.86. The third-order valence-corrected chi connectivity index (χ3v) is 5.58. The van der Waals surface area contributed by atoms with Gasteiger partial charge in [0.15, 0.2) is 5.03 Å². The molecule has 0 amide bonds. The molecular formula is C14H23ClN2O2S. The summed E-state index contributed by atoms with van der Waals surface area (Å²) in [5, 5.41) is 0.0998. The van der Waals surface area contributed by atoms with E-state index in [-0.39, 0.29) is 11.1 Å². The van der Waals surface area contributed by atoms with Gasteiger partial charge in [-0.15, -0.1) is 11.6 Å². The summed E-state index contributed by atoms with van der Waals surface area (Å²) in [6.07, 6.45) is 4.11. The van der Waals surface area contributed by atoms with Gasteiger partial charge in [-0.25, -0.2) is 13.4 Å². The molecule has 1 unspecified atom stereocenters. The summed E-state index contributed by atoms with van der Waals surface area (Å²) in [6.45, 7) is 6.51. The summed E-state index contributed by atoms with van der Waals surface area (Å²) < 4.78 is 26.9. The largest absolute Gasteiger partial charge is 0.260 e. The minimum absolute atomic E-state index is 0.0268. The van der Waals surface area contributed by atoms with Crippen LogP contribution in [0, 0.1) is 0 Å². The number of alkyl halides is 1. The second-order valence-electron chi connectivity index (χ2n) is 4.86. The Kier molecular flexibility index (Phi) is 6.92. The summed E-state index contributed by atoms with van der Waals surface area (Å²) in [6, 6.07) is 3.22. The van der Waals surface area contributed by atoms with Crippen molar-refractivity contribution in [2.24, 2.45) is 0 Å². The van der Waals surface area contributed by atoms with Crippen LogP contribution in [0.1, 0.15) is 45.6 Å². The minimum Gasteiger partial charge on any atom is -0.243 e. The molecule has 20 heavy (non-hydrogen) atoms. The zero-order valence-electron chi connectivity index (χ0n) is 12.3. The number of hydrogen-bond donors (Lipinski definition) is 0. The van der Waals surface area contributed by atoms with Crippen LogP contribution < -0.4 is 0 Å². The van der Waals surface area contributed by atoms with Gasteiger partial charge in [0.05, 0.1) is 0 Å². The van der Waals surface area contributed by atoms with Gasteiger partial charge in [0.25, 0.3) is 10.0 Å². The maximum atomic E-state index is 12.7. The maximum Gasteiger partial charge on any atom is 0.260 e. The lowest BCUT2D eigenvalue weighted by molar-refractivity contribution is 0.323. The molecule has 4 nitrogen and oxygen atoms in total. The number of aromatic nitrogens is 1. The summed E-state index contributed by atoms with van der Waals surface area (Å²) >= 11 is 5.70. The van der Waals surface area contributed by atoms with Crippen LogP contribution in [0.25, 0.3) is 0 Å². The lowest BCUT2D eigenvalue weighted by Crippen LogP contribution is -2.39. The Labute approximate surface area is 127 Å². The zero-order valence-corrected chi connectivity index (χ0v) is 13.9. The van der Waals surface area contributed by atoms with Crippen molar-refractivity contribution in [3.05, 3.63) is 23.9 Å². The van der Waals surface area contributed by atoms with E-state index in [0.29, 0.717) is 12.4 Å². The number of halogens is 1. The van der Waals surface area contributed by atoms with Gasteiger partial charge in [0.2, 0.25) is 0 Å². The number of rotatable bonds is 8. The number of unbranched alkanes of at least 4 members (excludes halogenated alkanes) is 1. The van der Waals surface area contributed by atoms with Crippen molar-refractivity contribution in [3.8, 4) is 0 Å². The van der Waals surface area contributed by atoms with Crippen LogP contribution in [0.5, 0.6) is 0 Å². The van der Waals surface area contributed by atoms with Gasteiger partial charge in [-0.1, -0.05) is 26.3 Å². The molecule has 114 valence electrons. The van der Waals surface area contributed by atoms with Gasteiger partial charge >= 0.3 is 0 Å². The van der Waals surface area contributed by atoms with Crippen LogP contribution in [0.15, 0.2) is 23.4 Å². The average molecular weight is 319 g/mol. The number of nitrogens with zero attached hydrogens (tertiary/aromatic N) is 2. The first-order valence-electron chi connectivity index (χ1n) is 7.00. The van der Waals surface area contributed by atoms with Crippen LogP contribution in [-0.4, -0.2) is 30.3 Å². The maximum absolute atomic E-state index is 12.7. The standard InChI is InChI=1S/C14H23ClN2O2S/c1-4-6-9-17(12(3)5-2)20(18,19)14-8-7-13(10-15)11-16-14/h7-8,11-12H,4-6,9-10H2,1-3H3. The first-order valence-corrected chi connectivity index (χ1v) is 8.97. The van der Waals surface area contributed by atoms with Crippen molar-refractivity contribution >= 4 is 21.6 Å². The SMILES string of the molecule is CCCCN(C(C)CC)S(=O)(=O)c1ccc(CCl)cn1. The molecule has 1 aromatic heterocycles. The van der Waals surface area contributed by atoms with E-state index in [4.69, 9.17) is 11.6 Å². The van der Waals surface area contributed by atoms with Gasteiger partial charge in [-0.2, -0.15) is 4.31 Å². The molecule has 0 saturated heterocycles. The molecule has 0 saturated carbocycles. The molecule has 1 heterocycles. The van der Waals surface area contributed by atoms with Crippen molar-refractivity contribution in [3.63, 3.8) is 0 Å². The molecule has 6 heteroatoms. The third-order valence-electron chi connectivity index (χ3n) is 3.34. The quantitative estimate of drug-likeness (QED) is 0.690. The van der Waals surface area contributed by atoms with Crippen molar-refractivity contribution < 1.29 is 8.42 Å². The molecule has 0 N–H and O–H groups in total. The molecule has 1 aromatic rings. The Bertz CT molecular complexity index is 502. The van der Waals surface area contributed by atoms with E-state index >= 15 is 0 Å². The molecule has 1 atom stereocenters. The van der Waals surface area contributed by atoms with E-state index in [0.717, 1.165) is 24.8 Å². The smallest absolute Gasteiger partial charge is 0.243 e. The fraction of sp³-hybridized carbons (Fsp3) is 0.643. The van der Waals surface area contributed by atoms with Crippen molar-refractivity contribution in [2.75, 3.05) is 6.54 Å². The van der Waals surface area contributed by atoms with E-state index in [2.05, 4.69) is 11.9 Å². The lowest BCUT2D eigenvalue weighted by Gasteiger charge is -2.27. The van der Waals surface area contributed by atoms with Crippen molar-refractivity contribution in [2.45, 2.75) is 57.0 Å². The normalized spacial score (nSPS) is 13.7. The predicted octanol–water partition coefficient (Wildman–Crippen LogP) is 3.41. The van der Waals surface area contributed by atoms with Gasteiger partial charge in [0, 0.05) is 24.7 Å². The van der Waals surface area contributed by atoms with E-state index in [1.54, 1.807) is 10.4 Å². The van der Waals surface area contributed by atoms with Crippen molar-refractivity contribution in [1.29, 1.82) is 0 Å². The molecule has 0 aliphatic heterocycles. The molecule has 0 aromatic carbocycles. The van der Waals surface area contributed by atoms with Crippen LogP contribution in [0.2, 0.25) is 0 Å². The highest BCUT2D eigenvalue weighted by molar-refractivity contribution is 7.89. The zero-order chi connectivity index (χ0) is 15.2. The van der Waals surface area contributed by atoms with E-state index in [1.807, 2.05) is 13.8 Å². The lowest BCUT2D eigenvalue weighted by atomic mass is 10.2. The second kappa shape index (κ2) is 7.96. The fourth-order valence-corrected chi connectivity index (χ4v) is 3.67. The molecule has 0 spiro atoms. The molecule has 0 bridgehead atoms. The summed E-state index contributed by atoms with van der Waals surface area (Å²) in [5.74, 6) is 0.332. The Morgan fingerprint density at radius 3 is 2.50 bits per heavy atom. The van der Waals surface area contributed by atoms with Crippen LogP contribution in [0.4, 0.5) is 0 Å². The highest BCUT2D eigenvalue weighted by Crippen LogP contribution is 2.19. The highest BCUT2D eigenvalue weighted by Gasteiger charge is 2.28. The molecular weight excluding hydrogens is 296 g/mol. The Morgan fingerprint density at radius 1 is 1.35 bits per heavy atom. The minimum atomic E-state index is -3.53. The Balaban J connectivity index is 3.07. The number of sulfonamides is 1. The predicted molar refractivity (Wildman–Crippen MR) is 82.3 cm³/mol. The van der Waals surface area contributed by atoms with Gasteiger partial charge < -0.3 is 0 Å². The number of pyridine rings is 1. The monoisotopic (exact) mass is 318 g/mol. The summed E-state index contributed by atoms with van der Waals surface area (Å²) in [5.41, 5.74) is 0.814. The Morgan fingerprint density at radius 2 is 2.05 bits per heavy atom. The third kappa shape index (κ3) is 4.17. The Hall–Kier alpha value is -0.650. The first-order chi connectivity index (χ1) is 9.47. The highest BCUT2D eigenvalue weighted by atomic mass is 35.5. The van der Waals surface area contributed by atoms with Gasteiger partial charge in [0.1, 0.15) is 0 Å². The number of hydrogen-bond acceptors (Lipinski definition) is 3. The van der Waals surface area contributed by atoms with E-state index in [1.165, 1.54) is 12.3 Å². The molecule has 0 aliphatic carbocycles. The topological polar surface area (TPSA) is 50.3 Å². The van der Waals surface area contributed by atoms with Gasteiger partial charge in [-0.05, 0) is 31.4 Å². The van der Waals surface area contributed by atoms with E-state index in [9.17, 15) is 8.42 Å². The van der Waals surface area contributed by atoms with Crippen LogP contribution in [0.3, 0.4) is 0 Å². The molecule has 0 aliphatic rings. The molecule has 1 rings (SSSR count). The van der Waals surface area contributed by atoms with Gasteiger partial charge in [-0.3, -0.25) is 0 Å². The van der Waals surface area contributed by atoms with Crippen LogP contribution in [-0.2, 0) is 15.9 Å². The van der Waals surface area contributed by atoms with Crippen LogP contribution >= 0.6 is 11.6 Å². The van der Waals surface area contributed by atoms with E-state index < -0.39 is 10.0 Å². The molecule has 0 radical (unpaired) electrons. The summed E-state index contributed by atoms with van der Waals surface area (Å²) in [4.78, 5) is 4.05. The van der Waals surface area contributed by atoms with Crippen molar-refractivity contribution in [1.82, 2.24) is 9.29 Å². The average Bonchev–Trinajstić information content (AvgIpc) is 2.47. The first kappa shape index (κ1) is 17.4. The summed E-state index contributed by atoms with van der Waals surface area (Å²) in [7, 11) is -3.53. The molecule has 0 fully saturated rings. The second-order valence-corrected chi connectivity index (χ2v) is 6.97.